The van der Waals surface area contributed by atoms with E-state index >= 15 is 0 Å². The third-order valence-electron chi connectivity index (χ3n) is 6.40. The number of anilines is 1. The molecule has 200 valence electrons. The van der Waals surface area contributed by atoms with Crippen LogP contribution in [0, 0.1) is 0 Å². The summed E-state index contributed by atoms with van der Waals surface area (Å²) in [5.41, 5.74) is 1.73. The maximum absolute atomic E-state index is 13.0. The molecule has 0 unspecified atom stereocenters. The van der Waals surface area contributed by atoms with Gasteiger partial charge in [-0.1, -0.05) is 49.6 Å². The minimum Gasteiger partial charge on any atom is -0.466 e. The van der Waals surface area contributed by atoms with E-state index in [9.17, 15) is 18.0 Å². The van der Waals surface area contributed by atoms with Gasteiger partial charge in [-0.3, -0.25) is 9.59 Å². The van der Waals surface area contributed by atoms with Crippen molar-refractivity contribution in [3.63, 3.8) is 0 Å². The lowest BCUT2D eigenvalue weighted by Crippen LogP contribution is -2.38. The summed E-state index contributed by atoms with van der Waals surface area (Å²) in [6.45, 7) is 0.303. The smallest absolute Gasteiger partial charge is 0.306 e. The van der Waals surface area contributed by atoms with Crippen LogP contribution in [-0.2, 0) is 30.8 Å². The Morgan fingerprint density at radius 3 is 2.35 bits per heavy atom. The molecule has 1 aliphatic carbocycles. The molecule has 2 N–H and O–H groups in total. The second kappa shape index (κ2) is 14.2. The first-order valence-corrected chi connectivity index (χ1v) is 14.5. The monoisotopic (exact) mass is 545 g/mol. The molecule has 0 atom stereocenters. The normalized spacial score (nSPS) is 14.2. The van der Waals surface area contributed by atoms with E-state index in [4.69, 9.17) is 17.0 Å². The van der Waals surface area contributed by atoms with E-state index < -0.39 is 21.9 Å². The summed E-state index contributed by atoms with van der Waals surface area (Å²) in [6.07, 6.45) is 6.46. The molecule has 1 saturated carbocycles. The van der Waals surface area contributed by atoms with Gasteiger partial charge in [0, 0.05) is 25.2 Å². The zero-order valence-electron chi connectivity index (χ0n) is 21.1. The molecule has 2 aromatic carbocycles. The molecular weight excluding hydrogens is 510 g/mol. The van der Waals surface area contributed by atoms with Gasteiger partial charge < -0.3 is 15.4 Å². The first-order chi connectivity index (χ1) is 17.8. The van der Waals surface area contributed by atoms with Crippen LogP contribution in [0.4, 0.5) is 5.69 Å². The van der Waals surface area contributed by atoms with Crippen molar-refractivity contribution in [3.05, 3.63) is 60.2 Å². The van der Waals surface area contributed by atoms with E-state index in [0.29, 0.717) is 18.7 Å². The number of rotatable bonds is 11. The van der Waals surface area contributed by atoms with Gasteiger partial charge in [-0.05, 0) is 67.7 Å². The summed E-state index contributed by atoms with van der Waals surface area (Å²) in [5, 5.41) is 5.46. The minimum atomic E-state index is -3.58. The molecular formula is C27H35N3O5S2. The number of carbonyl (C=O) groups excluding carboxylic acids is 2. The predicted molar refractivity (Wildman–Crippen MR) is 148 cm³/mol. The van der Waals surface area contributed by atoms with Crippen molar-refractivity contribution in [2.75, 3.05) is 19.0 Å². The van der Waals surface area contributed by atoms with E-state index in [1.807, 2.05) is 30.3 Å². The number of aryl methyl sites for hydroxylation is 1. The van der Waals surface area contributed by atoms with Gasteiger partial charge in [0.15, 0.2) is 5.11 Å². The number of carbonyl (C=O) groups is 2. The van der Waals surface area contributed by atoms with Crippen LogP contribution >= 0.6 is 12.2 Å². The quantitative estimate of drug-likeness (QED) is 0.245. The fraction of sp³-hybridized carbons (Fsp3) is 0.444. The Hall–Kier alpha value is -2.82. The van der Waals surface area contributed by atoms with Crippen molar-refractivity contribution in [2.24, 2.45) is 0 Å². The molecule has 1 fully saturated rings. The molecule has 0 saturated heterocycles. The van der Waals surface area contributed by atoms with E-state index in [2.05, 4.69) is 10.6 Å². The number of nitrogens with one attached hydrogen (secondary N) is 2. The summed E-state index contributed by atoms with van der Waals surface area (Å²) in [5.74, 6) is -0.843. The molecule has 37 heavy (non-hydrogen) atoms. The Kier molecular flexibility index (Phi) is 11.0. The number of amides is 1. The molecule has 0 heterocycles. The average Bonchev–Trinajstić information content (AvgIpc) is 2.91. The van der Waals surface area contributed by atoms with Crippen molar-refractivity contribution in [1.82, 2.24) is 9.62 Å². The number of ether oxygens (including phenoxy) is 1. The number of esters is 1. The number of sulfonamides is 1. The summed E-state index contributed by atoms with van der Waals surface area (Å²) in [6, 6.07) is 16.2. The van der Waals surface area contributed by atoms with Gasteiger partial charge in [0.25, 0.3) is 0 Å². The van der Waals surface area contributed by atoms with Crippen molar-refractivity contribution in [3.8, 4) is 0 Å². The molecule has 2 aromatic rings. The highest BCUT2D eigenvalue weighted by Gasteiger charge is 2.28. The highest BCUT2D eigenvalue weighted by Crippen LogP contribution is 2.27. The molecule has 8 nitrogen and oxygen atoms in total. The van der Waals surface area contributed by atoms with Crippen molar-refractivity contribution >= 4 is 44.9 Å². The average molecular weight is 546 g/mol. The fourth-order valence-corrected chi connectivity index (χ4v) is 5.91. The third kappa shape index (κ3) is 9.21. The van der Waals surface area contributed by atoms with Crippen LogP contribution in [0.3, 0.4) is 0 Å². The van der Waals surface area contributed by atoms with E-state index in [0.717, 1.165) is 38.5 Å². The first-order valence-electron chi connectivity index (χ1n) is 12.6. The lowest BCUT2D eigenvalue weighted by atomic mass is 9.96. The van der Waals surface area contributed by atoms with E-state index in [-0.39, 0.29) is 28.9 Å². The third-order valence-corrected chi connectivity index (χ3v) is 8.53. The van der Waals surface area contributed by atoms with Crippen LogP contribution in [0.15, 0.2) is 59.5 Å². The van der Waals surface area contributed by atoms with Gasteiger partial charge in [-0.25, -0.2) is 8.42 Å². The van der Waals surface area contributed by atoms with Gasteiger partial charge in [0.05, 0.1) is 17.9 Å². The lowest BCUT2D eigenvalue weighted by molar-refractivity contribution is -0.145. The van der Waals surface area contributed by atoms with Crippen LogP contribution < -0.4 is 10.6 Å². The van der Waals surface area contributed by atoms with Crippen molar-refractivity contribution in [1.29, 1.82) is 0 Å². The van der Waals surface area contributed by atoms with Crippen LogP contribution in [0.1, 0.15) is 56.9 Å². The Morgan fingerprint density at radius 2 is 1.68 bits per heavy atom. The summed E-state index contributed by atoms with van der Waals surface area (Å²) in [4.78, 5) is 24.2. The fourth-order valence-electron chi connectivity index (χ4n) is 4.26. The molecule has 3 rings (SSSR count). The molecule has 0 aromatic heterocycles. The van der Waals surface area contributed by atoms with E-state index in [1.165, 1.54) is 22.0 Å². The minimum absolute atomic E-state index is 0.0333. The highest BCUT2D eigenvalue weighted by molar-refractivity contribution is 7.89. The summed E-state index contributed by atoms with van der Waals surface area (Å²) in [7, 11) is -1.94. The van der Waals surface area contributed by atoms with Crippen LogP contribution in [-0.4, -0.2) is 49.4 Å². The Morgan fingerprint density at radius 1 is 1.00 bits per heavy atom. The maximum Gasteiger partial charge on any atom is 0.306 e. The van der Waals surface area contributed by atoms with Crippen LogP contribution in [0.5, 0.6) is 0 Å². The number of benzene rings is 2. The second-order valence-electron chi connectivity index (χ2n) is 9.15. The Balaban J connectivity index is 1.37. The van der Waals surface area contributed by atoms with Gasteiger partial charge >= 0.3 is 5.97 Å². The van der Waals surface area contributed by atoms with Crippen molar-refractivity contribution in [2.45, 2.75) is 68.7 Å². The second-order valence-corrected chi connectivity index (χ2v) is 11.6. The number of thiocarbonyl (C=S) groups is 1. The molecule has 10 heteroatoms. The van der Waals surface area contributed by atoms with E-state index in [1.54, 1.807) is 19.2 Å². The molecule has 1 amide bonds. The molecule has 1 aliphatic rings. The Bertz CT molecular complexity index is 1150. The standard InChI is InChI=1S/C27H35N3O5S2/c1-30(23-12-6-3-7-13-23)37(33,34)24-16-14-22(15-17-24)28-27(36)29-25(31)18-19-26(32)35-20-8-11-21-9-4-2-5-10-21/h2,4-5,9-10,14-17,23H,3,6-8,11-13,18-20H2,1H3,(H2,28,29,31,36). The summed E-state index contributed by atoms with van der Waals surface area (Å²) >= 11 is 5.17. The number of nitrogens with zero attached hydrogens (tertiary/aromatic N) is 1. The maximum atomic E-state index is 13.0. The molecule has 0 aliphatic heterocycles. The molecule has 0 radical (unpaired) electrons. The van der Waals surface area contributed by atoms with Gasteiger partial charge in [-0.15, -0.1) is 0 Å². The van der Waals surface area contributed by atoms with Crippen LogP contribution in [0.2, 0.25) is 0 Å². The Labute approximate surface area is 224 Å². The van der Waals surface area contributed by atoms with Gasteiger partial charge in [0.2, 0.25) is 15.9 Å². The first kappa shape index (κ1) is 28.7. The SMILES string of the molecule is CN(C1CCCCC1)S(=O)(=O)c1ccc(NC(=S)NC(=O)CCC(=O)OCCCc2ccccc2)cc1. The molecule has 0 bridgehead atoms. The highest BCUT2D eigenvalue weighted by atomic mass is 32.2. The topological polar surface area (TPSA) is 105 Å². The van der Waals surface area contributed by atoms with Crippen molar-refractivity contribution < 1.29 is 22.7 Å². The number of hydrogen-bond acceptors (Lipinski definition) is 6. The van der Waals surface area contributed by atoms with Crippen LogP contribution in [0.25, 0.3) is 0 Å². The largest absolute Gasteiger partial charge is 0.466 e. The summed E-state index contributed by atoms with van der Waals surface area (Å²) < 4.78 is 32.6. The van der Waals surface area contributed by atoms with Gasteiger partial charge in [0.1, 0.15) is 0 Å². The van der Waals surface area contributed by atoms with Gasteiger partial charge in [-0.2, -0.15) is 4.31 Å². The molecule has 0 spiro atoms. The lowest BCUT2D eigenvalue weighted by Gasteiger charge is -2.30. The predicted octanol–water partition coefficient (Wildman–Crippen LogP) is 4.41. The zero-order valence-corrected chi connectivity index (χ0v) is 22.8. The number of hydrogen-bond donors (Lipinski definition) is 2. The zero-order chi connectivity index (χ0) is 26.7.